The van der Waals surface area contributed by atoms with Crippen molar-refractivity contribution in [3.05, 3.63) is 100 Å². The van der Waals surface area contributed by atoms with Crippen molar-refractivity contribution in [2.75, 3.05) is 0 Å². The van der Waals surface area contributed by atoms with Crippen LogP contribution < -0.4 is 5.56 Å². The summed E-state index contributed by atoms with van der Waals surface area (Å²) in [6.45, 7) is 1.76. The van der Waals surface area contributed by atoms with E-state index in [9.17, 15) is 14.9 Å². The summed E-state index contributed by atoms with van der Waals surface area (Å²) in [4.78, 5) is 34.8. The van der Waals surface area contributed by atoms with Crippen molar-refractivity contribution in [1.29, 1.82) is 5.26 Å². The molecule has 5 rings (SSSR count). The molecule has 1 unspecified atom stereocenters. The highest BCUT2D eigenvalue weighted by molar-refractivity contribution is 6.02. The Kier molecular flexibility index (Phi) is 4.61. The molecule has 1 atom stereocenters. The van der Waals surface area contributed by atoms with Crippen LogP contribution in [0.25, 0.3) is 27.7 Å². The highest BCUT2D eigenvalue weighted by atomic mass is 16.3. The smallest absolute Gasteiger partial charge is 0.265 e. The number of Topliss-reactive ketones (excluding diaryl/α,β-unsaturated/α-hetero) is 1. The topological polar surface area (TPSA) is 102 Å². The number of fused-ring (bicyclic) bond motifs is 2. The van der Waals surface area contributed by atoms with Crippen LogP contribution >= 0.6 is 0 Å². The summed E-state index contributed by atoms with van der Waals surface area (Å²) in [6.07, 6.45) is 0. The van der Waals surface area contributed by atoms with Crippen LogP contribution in [0.1, 0.15) is 28.0 Å². The zero-order chi connectivity index (χ0) is 22.2. The minimum Gasteiger partial charge on any atom is -0.439 e. The number of hydrogen-bond donors (Lipinski definition) is 0. The number of carbonyl (C=O) groups excluding carboxylic acids is 1. The summed E-state index contributed by atoms with van der Waals surface area (Å²) in [6, 6.07) is 22.8. The molecule has 0 N–H and O–H groups in total. The van der Waals surface area contributed by atoms with E-state index in [1.54, 1.807) is 67.6 Å². The summed E-state index contributed by atoms with van der Waals surface area (Å²) in [5.41, 5.74) is 2.45. The first-order valence-corrected chi connectivity index (χ1v) is 9.95. The molecular weight excluding hydrogens is 404 g/mol. The lowest BCUT2D eigenvalue weighted by Gasteiger charge is -2.11. The molecule has 0 radical (unpaired) electrons. The van der Waals surface area contributed by atoms with Crippen LogP contribution in [0.15, 0.2) is 82.0 Å². The Morgan fingerprint density at radius 3 is 2.38 bits per heavy atom. The second-order valence-corrected chi connectivity index (χ2v) is 7.31. The minimum atomic E-state index is -1.17. The monoisotopic (exact) mass is 420 g/mol. The predicted molar refractivity (Wildman–Crippen MR) is 119 cm³/mol. The molecule has 0 bridgehead atoms. The maximum atomic E-state index is 13.0. The number of oxazole rings is 1. The normalized spacial score (nSPS) is 12.0. The van der Waals surface area contributed by atoms with Crippen LogP contribution in [-0.4, -0.2) is 20.3 Å². The first-order valence-electron chi connectivity index (χ1n) is 9.95. The van der Waals surface area contributed by atoms with Crippen molar-refractivity contribution < 1.29 is 9.21 Å². The van der Waals surface area contributed by atoms with Crippen molar-refractivity contribution in [3.8, 4) is 11.8 Å². The molecule has 7 heteroatoms. The Bertz CT molecular complexity index is 1560. The highest BCUT2D eigenvalue weighted by Gasteiger charge is 2.27. The van der Waals surface area contributed by atoms with Crippen LogP contribution in [0.2, 0.25) is 0 Å². The molecule has 0 aliphatic rings. The van der Waals surface area contributed by atoms with Gasteiger partial charge in [0, 0.05) is 5.56 Å². The molecule has 0 aliphatic carbocycles. The van der Waals surface area contributed by atoms with Gasteiger partial charge in [-0.2, -0.15) is 5.26 Å². The zero-order valence-corrected chi connectivity index (χ0v) is 17.0. The van der Waals surface area contributed by atoms with Gasteiger partial charge in [0.1, 0.15) is 11.3 Å². The fourth-order valence-corrected chi connectivity index (χ4v) is 3.73. The molecule has 5 aromatic rings. The highest BCUT2D eigenvalue weighted by Crippen LogP contribution is 2.25. The summed E-state index contributed by atoms with van der Waals surface area (Å²) < 4.78 is 7.12. The van der Waals surface area contributed by atoms with Gasteiger partial charge in [0.2, 0.25) is 5.89 Å². The fraction of sp³-hybridized carbons (Fsp3) is 0.0800. The first kappa shape index (κ1) is 19.4. The molecule has 2 aromatic heterocycles. The van der Waals surface area contributed by atoms with Crippen molar-refractivity contribution in [1.82, 2.24) is 14.5 Å². The lowest BCUT2D eigenvalue weighted by Crippen LogP contribution is -2.22. The number of nitriles is 1. The second-order valence-electron chi connectivity index (χ2n) is 7.31. The molecule has 0 spiro atoms. The van der Waals surface area contributed by atoms with Gasteiger partial charge in [-0.15, -0.1) is 0 Å². The standard InChI is InChI=1S/C25H16N4O3/c1-15-27-20-7-3-2-6-18(20)25(31)29(15)17-12-10-16(11-13-17)23(30)19(14-26)24-28-21-8-4-5-9-22(21)32-24/h2-13,19H,1H3. The number of benzene rings is 3. The molecule has 0 saturated carbocycles. The van der Waals surface area contributed by atoms with E-state index in [0.717, 1.165) is 0 Å². The predicted octanol–water partition coefficient (Wildman–Crippen LogP) is 4.33. The Morgan fingerprint density at radius 1 is 0.969 bits per heavy atom. The van der Waals surface area contributed by atoms with Crippen LogP contribution in [-0.2, 0) is 0 Å². The zero-order valence-electron chi connectivity index (χ0n) is 17.0. The average molecular weight is 420 g/mol. The number of aryl methyl sites for hydroxylation is 1. The van der Waals surface area contributed by atoms with E-state index in [-0.39, 0.29) is 11.4 Å². The molecule has 7 nitrogen and oxygen atoms in total. The summed E-state index contributed by atoms with van der Waals surface area (Å²) >= 11 is 0. The van der Waals surface area contributed by atoms with Gasteiger partial charge in [0.25, 0.3) is 5.56 Å². The van der Waals surface area contributed by atoms with Crippen LogP contribution in [0.4, 0.5) is 0 Å². The quantitative estimate of drug-likeness (QED) is 0.401. The first-order chi connectivity index (χ1) is 15.6. The van der Waals surface area contributed by atoms with Crippen molar-refractivity contribution >= 4 is 27.8 Å². The third kappa shape index (κ3) is 3.15. The van der Waals surface area contributed by atoms with Gasteiger partial charge in [0.05, 0.1) is 22.7 Å². The minimum absolute atomic E-state index is 0.0635. The molecule has 32 heavy (non-hydrogen) atoms. The molecular formula is C25H16N4O3. The van der Waals surface area contributed by atoms with Crippen LogP contribution in [0.3, 0.4) is 0 Å². The number of ketones is 1. The van der Waals surface area contributed by atoms with Crippen LogP contribution in [0, 0.1) is 18.3 Å². The lowest BCUT2D eigenvalue weighted by molar-refractivity contribution is 0.0970. The van der Waals surface area contributed by atoms with Gasteiger partial charge in [-0.05, 0) is 55.5 Å². The Hall–Kier alpha value is -4.57. The molecule has 3 aromatic carbocycles. The average Bonchev–Trinajstić information content (AvgIpc) is 3.24. The van der Waals surface area contributed by atoms with Gasteiger partial charge in [0.15, 0.2) is 17.3 Å². The maximum Gasteiger partial charge on any atom is 0.265 e. The van der Waals surface area contributed by atoms with Crippen molar-refractivity contribution in [2.24, 2.45) is 0 Å². The van der Waals surface area contributed by atoms with Gasteiger partial charge in [-0.3, -0.25) is 14.2 Å². The van der Waals surface area contributed by atoms with E-state index in [2.05, 4.69) is 9.97 Å². The number of hydrogen-bond acceptors (Lipinski definition) is 6. The molecule has 2 heterocycles. The fourth-order valence-electron chi connectivity index (χ4n) is 3.73. The van der Waals surface area contributed by atoms with Crippen molar-refractivity contribution in [3.63, 3.8) is 0 Å². The SMILES string of the molecule is Cc1nc2ccccc2c(=O)n1-c1ccc(C(=O)C(C#N)c2nc3ccccc3o2)cc1. The van der Waals surface area contributed by atoms with Gasteiger partial charge >= 0.3 is 0 Å². The lowest BCUT2D eigenvalue weighted by atomic mass is 9.98. The molecule has 0 fully saturated rings. The third-order valence-electron chi connectivity index (χ3n) is 5.30. The van der Waals surface area contributed by atoms with Gasteiger partial charge in [-0.1, -0.05) is 24.3 Å². The van der Waals surface area contributed by atoms with E-state index >= 15 is 0 Å². The maximum absolute atomic E-state index is 13.0. The Labute approximate surface area is 182 Å². The second kappa shape index (κ2) is 7.60. The molecule has 0 aliphatic heterocycles. The Balaban J connectivity index is 1.51. The van der Waals surface area contributed by atoms with Crippen molar-refractivity contribution in [2.45, 2.75) is 12.8 Å². The van der Waals surface area contributed by atoms with E-state index in [1.807, 2.05) is 18.2 Å². The summed E-state index contributed by atoms with van der Waals surface area (Å²) in [5, 5.41) is 10.1. The number of rotatable bonds is 4. The van der Waals surface area contributed by atoms with E-state index in [4.69, 9.17) is 4.42 Å². The van der Waals surface area contributed by atoms with Gasteiger partial charge in [-0.25, -0.2) is 9.97 Å². The third-order valence-corrected chi connectivity index (χ3v) is 5.30. The largest absolute Gasteiger partial charge is 0.439 e. The number of nitrogens with zero attached hydrogens (tertiary/aromatic N) is 4. The molecule has 154 valence electrons. The van der Waals surface area contributed by atoms with E-state index in [0.29, 0.717) is 39.1 Å². The Morgan fingerprint density at radius 2 is 1.66 bits per heavy atom. The summed E-state index contributed by atoms with van der Waals surface area (Å²) in [7, 11) is 0. The van der Waals surface area contributed by atoms with E-state index < -0.39 is 11.7 Å². The van der Waals surface area contributed by atoms with Gasteiger partial charge < -0.3 is 4.42 Å². The number of carbonyl (C=O) groups is 1. The summed E-state index contributed by atoms with van der Waals surface area (Å²) in [5.74, 6) is -0.992. The molecule has 0 amide bonds. The molecule has 0 saturated heterocycles. The number of aromatic nitrogens is 3. The van der Waals surface area contributed by atoms with E-state index in [1.165, 1.54) is 4.57 Å². The van der Waals surface area contributed by atoms with Crippen LogP contribution in [0.5, 0.6) is 0 Å². The number of para-hydroxylation sites is 3.